The molecule has 0 unspecified atom stereocenters. The first-order chi connectivity index (χ1) is 15.0. The van der Waals surface area contributed by atoms with Crippen molar-refractivity contribution in [1.29, 1.82) is 0 Å². The van der Waals surface area contributed by atoms with E-state index >= 15 is 0 Å². The first-order valence-electron chi connectivity index (χ1n) is 9.77. The Balaban J connectivity index is 1.76. The van der Waals surface area contributed by atoms with Crippen molar-refractivity contribution in [2.24, 2.45) is 0 Å². The Morgan fingerprint density at radius 3 is 2.58 bits per heavy atom. The molecule has 3 aromatic carbocycles. The van der Waals surface area contributed by atoms with Gasteiger partial charge in [0, 0.05) is 11.6 Å². The quantitative estimate of drug-likeness (QED) is 0.501. The molecule has 31 heavy (non-hydrogen) atoms. The number of nitrogens with zero attached hydrogens (tertiary/aromatic N) is 2. The smallest absolute Gasteiger partial charge is 0.280 e. The molecule has 1 N–H and O–H groups in total. The van der Waals surface area contributed by atoms with Gasteiger partial charge in [0.25, 0.3) is 11.5 Å². The van der Waals surface area contributed by atoms with Gasteiger partial charge < -0.3 is 4.74 Å². The van der Waals surface area contributed by atoms with Crippen LogP contribution in [0.4, 0.5) is 0 Å². The highest BCUT2D eigenvalue weighted by Crippen LogP contribution is 2.22. The maximum atomic E-state index is 13.2. The van der Waals surface area contributed by atoms with Crippen molar-refractivity contribution < 1.29 is 9.53 Å². The van der Waals surface area contributed by atoms with E-state index in [-0.39, 0.29) is 5.56 Å². The summed E-state index contributed by atoms with van der Waals surface area (Å²) in [5.41, 5.74) is 5.52. The zero-order valence-corrected chi connectivity index (χ0v) is 17.2. The summed E-state index contributed by atoms with van der Waals surface area (Å²) in [5, 5.41) is 0.414. The van der Waals surface area contributed by atoms with Gasteiger partial charge in [-0.3, -0.25) is 15.0 Å². The molecule has 0 spiro atoms. The number of amides is 1. The van der Waals surface area contributed by atoms with Crippen LogP contribution in [0.1, 0.15) is 11.1 Å². The van der Waals surface area contributed by atoms with Gasteiger partial charge in [-0.25, -0.2) is 4.98 Å². The summed E-state index contributed by atoms with van der Waals surface area (Å²) in [7, 11) is 1.57. The van der Waals surface area contributed by atoms with Crippen LogP contribution in [0.3, 0.4) is 0 Å². The number of fused-ring (bicyclic) bond motifs is 1. The van der Waals surface area contributed by atoms with Crippen molar-refractivity contribution in [3.63, 3.8) is 0 Å². The van der Waals surface area contributed by atoms with Gasteiger partial charge in [-0.15, -0.1) is 0 Å². The number of para-hydroxylation sites is 1. The molecule has 0 aliphatic heterocycles. The van der Waals surface area contributed by atoms with Gasteiger partial charge in [-0.05, 0) is 42.8 Å². The third kappa shape index (κ3) is 4.38. The van der Waals surface area contributed by atoms with E-state index in [1.165, 1.54) is 10.8 Å². The molecule has 0 bridgehead atoms. The molecule has 0 radical (unpaired) electrons. The number of ether oxygens (including phenoxy) is 1. The Morgan fingerprint density at radius 2 is 1.81 bits per heavy atom. The molecule has 4 aromatic rings. The third-order valence-corrected chi connectivity index (χ3v) is 4.83. The summed E-state index contributed by atoms with van der Waals surface area (Å²) >= 11 is 0. The van der Waals surface area contributed by atoms with Crippen LogP contribution < -0.4 is 15.7 Å². The van der Waals surface area contributed by atoms with E-state index in [9.17, 15) is 9.59 Å². The molecule has 6 heteroatoms. The van der Waals surface area contributed by atoms with E-state index in [2.05, 4.69) is 10.4 Å². The lowest BCUT2D eigenvalue weighted by molar-refractivity contribution is -0.112. The van der Waals surface area contributed by atoms with Crippen LogP contribution in [-0.2, 0) is 4.79 Å². The van der Waals surface area contributed by atoms with Gasteiger partial charge in [0.2, 0.25) is 0 Å². The molecule has 6 nitrogen and oxygen atoms in total. The van der Waals surface area contributed by atoms with Crippen LogP contribution in [0.2, 0.25) is 0 Å². The van der Waals surface area contributed by atoms with Crippen molar-refractivity contribution in [2.45, 2.75) is 6.92 Å². The molecule has 0 fully saturated rings. The SMILES string of the molecule is COc1cccc(-c2nc3ccccc3c(=O)n2NC(=O)C=Cc2ccc(C)cc2)c1. The monoisotopic (exact) mass is 411 g/mol. The zero-order valence-electron chi connectivity index (χ0n) is 17.2. The summed E-state index contributed by atoms with van der Waals surface area (Å²) in [5.74, 6) is 0.501. The lowest BCUT2D eigenvalue weighted by atomic mass is 10.1. The first-order valence-corrected chi connectivity index (χ1v) is 9.77. The third-order valence-electron chi connectivity index (χ3n) is 4.83. The van der Waals surface area contributed by atoms with Crippen molar-refractivity contribution in [3.8, 4) is 17.1 Å². The lowest BCUT2D eigenvalue weighted by Crippen LogP contribution is -2.34. The first kappa shape index (κ1) is 20.1. The largest absolute Gasteiger partial charge is 0.497 e. The van der Waals surface area contributed by atoms with E-state index in [1.807, 2.05) is 43.3 Å². The predicted octanol–water partition coefficient (Wildman–Crippen LogP) is 4.16. The van der Waals surface area contributed by atoms with E-state index in [4.69, 9.17) is 4.74 Å². The molecule has 0 aliphatic rings. The molecule has 1 amide bonds. The summed E-state index contributed by atoms with van der Waals surface area (Å²) < 4.78 is 6.48. The van der Waals surface area contributed by atoms with Crippen LogP contribution in [0.15, 0.2) is 83.7 Å². The van der Waals surface area contributed by atoms with Crippen molar-refractivity contribution in [3.05, 3.63) is 100 Å². The highest BCUT2D eigenvalue weighted by atomic mass is 16.5. The van der Waals surface area contributed by atoms with Crippen LogP contribution >= 0.6 is 0 Å². The number of benzene rings is 3. The molecular formula is C25H21N3O3. The summed E-state index contributed by atoms with van der Waals surface area (Å²) in [6, 6.07) is 22.0. The van der Waals surface area contributed by atoms with E-state index < -0.39 is 5.91 Å². The Hall–Kier alpha value is -4.19. The standard InChI is InChI=1S/C25H21N3O3/c1-17-10-12-18(13-11-17)14-15-23(29)27-28-24(19-6-5-7-20(16-19)31-2)26-22-9-4-3-8-21(22)25(28)30/h3-16H,1-2H3,(H,27,29). The number of rotatable bonds is 5. The number of methoxy groups -OCH3 is 1. The van der Waals surface area contributed by atoms with Gasteiger partial charge in [0.1, 0.15) is 5.75 Å². The van der Waals surface area contributed by atoms with Gasteiger partial charge >= 0.3 is 0 Å². The minimum Gasteiger partial charge on any atom is -0.497 e. The molecule has 0 atom stereocenters. The zero-order chi connectivity index (χ0) is 21.8. The van der Waals surface area contributed by atoms with Crippen LogP contribution in [0.25, 0.3) is 28.4 Å². The van der Waals surface area contributed by atoms with Crippen LogP contribution in [0, 0.1) is 6.92 Å². The topological polar surface area (TPSA) is 73.2 Å². The van der Waals surface area contributed by atoms with E-state index in [0.717, 1.165) is 11.1 Å². The molecule has 154 valence electrons. The number of carbonyl (C=O) groups excluding carboxylic acids is 1. The average Bonchev–Trinajstić information content (AvgIpc) is 2.80. The second-order valence-corrected chi connectivity index (χ2v) is 7.05. The van der Waals surface area contributed by atoms with Crippen molar-refractivity contribution >= 4 is 22.9 Å². The fourth-order valence-corrected chi connectivity index (χ4v) is 3.19. The highest BCUT2D eigenvalue weighted by molar-refractivity contribution is 5.98. The van der Waals surface area contributed by atoms with Crippen molar-refractivity contribution in [2.75, 3.05) is 12.5 Å². The number of aromatic nitrogens is 2. The average molecular weight is 411 g/mol. The molecule has 4 rings (SSSR count). The predicted molar refractivity (Wildman–Crippen MR) is 123 cm³/mol. The van der Waals surface area contributed by atoms with E-state index in [0.29, 0.717) is 28.0 Å². The van der Waals surface area contributed by atoms with Crippen LogP contribution in [0.5, 0.6) is 5.75 Å². The fourth-order valence-electron chi connectivity index (χ4n) is 3.19. The molecular weight excluding hydrogens is 390 g/mol. The second-order valence-electron chi connectivity index (χ2n) is 7.05. The van der Waals surface area contributed by atoms with Gasteiger partial charge in [0.05, 0.1) is 18.0 Å². The highest BCUT2D eigenvalue weighted by Gasteiger charge is 2.14. The maximum absolute atomic E-state index is 13.2. The number of hydrogen-bond donors (Lipinski definition) is 1. The van der Waals surface area contributed by atoms with Gasteiger partial charge in [-0.2, -0.15) is 4.68 Å². The number of carbonyl (C=O) groups is 1. The number of aryl methyl sites for hydroxylation is 1. The van der Waals surface area contributed by atoms with Gasteiger partial charge in [0.15, 0.2) is 5.82 Å². The maximum Gasteiger partial charge on any atom is 0.280 e. The molecule has 0 saturated carbocycles. The Labute approximate surface area is 179 Å². The second kappa shape index (κ2) is 8.67. The van der Waals surface area contributed by atoms with Crippen molar-refractivity contribution in [1.82, 2.24) is 9.66 Å². The summed E-state index contributed by atoms with van der Waals surface area (Å²) in [6.07, 6.45) is 3.08. The number of nitrogens with one attached hydrogen (secondary N) is 1. The van der Waals surface area contributed by atoms with Crippen LogP contribution in [-0.4, -0.2) is 22.7 Å². The molecule has 1 heterocycles. The summed E-state index contributed by atoms with van der Waals surface area (Å²) in [4.78, 5) is 30.4. The molecule has 0 saturated heterocycles. The fraction of sp³-hybridized carbons (Fsp3) is 0.0800. The molecule has 0 aliphatic carbocycles. The number of hydrogen-bond acceptors (Lipinski definition) is 4. The van der Waals surface area contributed by atoms with Gasteiger partial charge in [-0.1, -0.05) is 54.1 Å². The Morgan fingerprint density at radius 1 is 1.03 bits per heavy atom. The Bertz CT molecular complexity index is 1340. The minimum atomic E-state index is -0.441. The Kier molecular flexibility index (Phi) is 5.62. The minimum absolute atomic E-state index is 0.319. The normalized spacial score (nSPS) is 11.0. The van der Waals surface area contributed by atoms with E-state index in [1.54, 1.807) is 49.6 Å². The summed E-state index contributed by atoms with van der Waals surface area (Å²) in [6.45, 7) is 2.00. The molecule has 1 aromatic heterocycles. The lowest BCUT2D eigenvalue weighted by Gasteiger charge is -2.14.